The summed E-state index contributed by atoms with van der Waals surface area (Å²) < 4.78 is 34.7. The van der Waals surface area contributed by atoms with Gasteiger partial charge in [0.15, 0.2) is 11.6 Å². The van der Waals surface area contributed by atoms with Crippen molar-refractivity contribution < 1.29 is 23.1 Å². The van der Waals surface area contributed by atoms with Crippen molar-refractivity contribution in [1.82, 2.24) is 9.97 Å². The smallest absolute Gasteiger partial charge is 0.263 e. The number of nitrogens with two attached hydrogens (primary N) is 1. The highest BCUT2D eigenvalue weighted by molar-refractivity contribution is 7.92. The van der Waals surface area contributed by atoms with Crippen LogP contribution in [0.5, 0.6) is 5.75 Å². The Hall–Kier alpha value is -4.26. The van der Waals surface area contributed by atoms with E-state index in [0.717, 1.165) is 0 Å². The van der Waals surface area contributed by atoms with Gasteiger partial charge in [-0.05, 0) is 62.7 Å². The van der Waals surface area contributed by atoms with E-state index in [1.54, 1.807) is 50.3 Å². The Morgan fingerprint density at radius 1 is 1.10 bits per heavy atom. The predicted octanol–water partition coefficient (Wildman–Crippen LogP) is 2.14. The summed E-state index contributed by atoms with van der Waals surface area (Å²) in [5.41, 5.74) is 6.93. The zero-order valence-corrected chi connectivity index (χ0v) is 22.9. The third kappa shape index (κ3) is 7.41. The van der Waals surface area contributed by atoms with Crippen molar-refractivity contribution in [1.29, 1.82) is 0 Å². The molecule has 0 saturated carbocycles. The average Bonchev–Trinajstić information content (AvgIpc) is 2.89. The summed E-state index contributed by atoms with van der Waals surface area (Å²) in [7, 11) is -2.68. The molecule has 6 N–H and O–H groups in total. The number of carbonyl (C=O) groups excluding carboxylic acids is 1. The Morgan fingerprint density at radius 2 is 1.82 bits per heavy atom. The number of hydrogen-bond acceptors (Lipinski definition) is 9. The molecule has 0 bridgehead atoms. The number of rotatable bonds is 10. The Kier molecular flexibility index (Phi) is 9.41. The molecule has 0 saturated heterocycles. The Labute approximate surface area is 227 Å². The number of aliphatic hydroxyl groups is 1. The summed E-state index contributed by atoms with van der Waals surface area (Å²) in [6, 6.07) is 10.0. The summed E-state index contributed by atoms with van der Waals surface area (Å²) >= 11 is 0. The van der Waals surface area contributed by atoms with Gasteiger partial charge in [0.25, 0.3) is 10.0 Å². The molecule has 11 nitrogen and oxygen atoms in total. The second-order valence-electron chi connectivity index (χ2n) is 8.59. The number of benzene rings is 2. The molecule has 39 heavy (non-hydrogen) atoms. The fourth-order valence-corrected chi connectivity index (χ4v) is 4.49. The molecule has 206 valence electrons. The van der Waals surface area contributed by atoms with Crippen LogP contribution in [0.1, 0.15) is 32.4 Å². The van der Waals surface area contributed by atoms with Crippen LogP contribution < -0.4 is 36.5 Å². The van der Waals surface area contributed by atoms with Crippen molar-refractivity contribution in [3.63, 3.8) is 0 Å². The normalized spacial score (nSPS) is 13.9. The zero-order chi connectivity index (χ0) is 28.7. The van der Waals surface area contributed by atoms with Crippen LogP contribution in [0.3, 0.4) is 0 Å². The van der Waals surface area contributed by atoms with Crippen LogP contribution in [-0.2, 0) is 14.8 Å². The first-order chi connectivity index (χ1) is 18.5. The lowest BCUT2D eigenvalue weighted by atomic mass is 10.1. The van der Waals surface area contributed by atoms with Crippen LogP contribution in [0.15, 0.2) is 60.0 Å². The Morgan fingerprint density at radius 3 is 2.44 bits per heavy atom. The van der Waals surface area contributed by atoms with E-state index in [2.05, 4.69) is 31.9 Å². The maximum absolute atomic E-state index is 13.4. The number of anilines is 4. The molecule has 3 aromatic rings. The number of hydrogen-bond donors (Lipinski definition) is 5. The topological polar surface area (TPSA) is 169 Å². The van der Waals surface area contributed by atoms with E-state index >= 15 is 0 Å². The van der Waals surface area contributed by atoms with E-state index in [0.29, 0.717) is 27.7 Å². The highest BCUT2D eigenvalue weighted by atomic mass is 32.2. The summed E-state index contributed by atoms with van der Waals surface area (Å²) in [5, 5.41) is 16.6. The largest absolute Gasteiger partial charge is 0.497 e. The highest BCUT2D eigenvalue weighted by Gasteiger charge is 2.20. The average molecular weight is 553 g/mol. The van der Waals surface area contributed by atoms with Crippen molar-refractivity contribution in [2.24, 2.45) is 5.73 Å². The third-order valence-corrected chi connectivity index (χ3v) is 6.80. The standard InChI is InChI=1S/C27H32N6O5S/c1-6-9-24-23(7-2)31-25(29-20-12-18(17(4)34)13-21(14-20)38-5)26(32-24)33-39(36,37)22-11-8-10-19(15-22)30-27(35)16(3)28/h6-17,34H,1,28H2,2-5H3,(H,29,31)(H,30,35)(H,32,33)/b23-7+,24-9+/t16-,17?/m0/s1. The molecule has 1 heterocycles. The summed E-state index contributed by atoms with van der Waals surface area (Å²) in [5.74, 6) is 0.0514. The van der Waals surface area contributed by atoms with Gasteiger partial charge in [-0.3, -0.25) is 9.52 Å². The summed E-state index contributed by atoms with van der Waals surface area (Å²) in [6.07, 6.45) is 4.07. The van der Waals surface area contributed by atoms with Crippen LogP contribution in [0.2, 0.25) is 0 Å². The third-order valence-electron chi connectivity index (χ3n) is 5.47. The molecule has 0 radical (unpaired) electrons. The van der Waals surface area contributed by atoms with E-state index in [1.807, 2.05) is 0 Å². The number of amides is 1. The van der Waals surface area contributed by atoms with Gasteiger partial charge < -0.3 is 26.2 Å². The van der Waals surface area contributed by atoms with Crippen LogP contribution in [0.4, 0.5) is 23.0 Å². The first kappa shape index (κ1) is 29.3. The molecule has 12 heteroatoms. The molecule has 1 aromatic heterocycles. The molecule has 3 rings (SSSR count). The van der Waals surface area contributed by atoms with Crippen LogP contribution in [0, 0.1) is 0 Å². The molecule has 0 aliphatic rings. The maximum atomic E-state index is 13.4. The van der Waals surface area contributed by atoms with Gasteiger partial charge in [0, 0.05) is 17.4 Å². The molecular weight excluding hydrogens is 520 g/mol. The monoisotopic (exact) mass is 552 g/mol. The molecular formula is C27H32N6O5S. The number of methoxy groups -OCH3 is 1. The number of aliphatic hydroxyl groups excluding tert-OH is 1. The minimum atomic E-state index is -4.18. The van der Waals surface area contributed by atoms with E-state index in [1.165, 1.54) is 38.3 Å². The van der Waals surface area contributed by atoms with Gasteiger partial charge in [0.05, 0.1) is 34.8 Å². The highest BCUT2D eigenvalue weighted by Crippen LogP contribution is 2.29. The van der Waals surface area contributed by atoms with Crippen LogP contribution >= 0.6 is 0 Å². The molecule has 1 amide bonds. The molecule has 0 aliphatic carbocycles. The fraction of sp³-hybridized carbons (Fsp3) is 0.222. The van der Waals surface area contributed by atoms with Gasteiger partial charge in [-0.25, -0.2) is 18.4 Å². The second kappa shape index (κ2) is 12.5. The summed E-state index contributed by atoms with van der Waals surface area (Å²) in [4.78, 5) is 20.9. The molecule has 2 atom stereocenters. The maximum Gasteiger partial charge on any atom is 0.263 e. The lowest BCUT2D eigenvalue weighted by molar-refractivity contribution is -0.117. The lowest BCUT2D eigenvalue weighted by Crippen LogP contribution is -2.33. The second-order valence-corrected chi connectivity index (χ2v) is 10.3. The van der Waals surface area contributed by atoms with Gasteiger partial charge in [-0.2, -0.15) is 0 Å². The Balaban J connectivity index is 2.10. The SMILES string of the molecule is C=C/C=c1/nc(NS(=O)(=O)c2cccc(NC(=O)[C@H](C)N)c2)c(Nc2cc(OC)cc(C(C)O)c2)n/c1=C/C. The number of carbonyl (C=O) groups is 1. The number of allylic oxidation sites excluding steroid dienone is 1. The molecule has 0 fully saturated rings. The Bertz CT molecular complexity index is 1600. The fourth-order valence-electron chi connectivity index (χ4n) is 3.44. The minimum absolute atomic E-state index is 0.0832. The lowest BCUT2D eigenvalue weighted by Gasteiger charge is -2.16. The first-order valence-corrected chi connectivity index (χ1v) is 13.5. The van der Waals surface area contributed by atoms with Crippen LogP contribution in [0.25, 0.3) is 12.2 Å². The van der Waals surface area contributed by atoms with Gasteiger partial charge in [-0.15, -0.1) is 0 Å². The van der Waals surface area contributed by atoms with Gasteiger partial charge in [-0.1, -0.05) is 24.8 Å². The number of sulfonamides is 1. The first-order valence-electron chi connectivity index (χ1n) is 12.0. The number of aromatic nitrogens is 2. The molecule has 0 aliphatic heterocycles. The van der Waals surface area contributed by atoms with Crippen molar-refractivity contribution in [2.75, 3.05) is 22.5 Å². The predicted molar refractivity (Wildman–Crippen MR) is 153 cm³/mol. The molecule has 0 spiro atoms. The van der Waals surface area contributed by atoms with Crippen LogP contribution in [-0.4, -0.2) is 42.6 Å². The molecule has 2 aromatic carbocycles. The zero-order valence-electron chi connectivity index (χ0n) is 22.1. The number of ether oxygens (including phenoxy) is 1. The number of nitrogens with one attached hydrogen (secondary N) is 3. The van der Waals surface area contributed by atoms with Gasteiger partial charge in [0.2, 0.25) is 5.91 Å². The van der Waals surface area contributed by atoms with E-state index < -0.39 is 28.1 Å². The molecule has 1 unspecified atom stereocenters. The van der Waals surface area contributed by atoms with Crippen molar-refractivity contribution in [2.45, 2.75) is 37.8 Å². The van der Waals surface area contributed by atoms with Gasteiger partial charge >= 0.3 is 0 Å². The summed E-state index contributed by atoms with van der Waals surface area (Å²) in [6.45, 7) is 8.60. The quantitative estimate of drug-likeness (QED) is 0.253. The van der Waals surface area contributed by atoms with Crippen molar-refractivity contribution >= 4 is 51.1 Å². The number of nitrogens with zero attached hydrogens (tertiary/aromatic N) is 2. The van der Waals surface area contributed by atoms with E-state index in [9.17, 15) is 18.3 Å². The van der Waals surface area contributed by atoms with Crippen molar-refractivity contribution in [3.05, 3.63) is 71.4 Å². The van der Waals surface area contributed by atoms with E-state index in [4.69, 9.17) is 10.5 Å². The minimum Gasteiger partial charge on any atom is -0.497 e. The van der Waals surface area contributed by atoms with Gasteiger partial charge in [0.1, 0.15) is 5.75 Å². The van der Waals surface area contributed by atoms with Crippen molar-refractivity contribution in [3.8, 4) is 5.75 Å². The van der Waals surface area contributed by atoms with E-state index in [-0.39, 0.29) is 22.2 Å².